The largest absolute Gasteiger partial charge is 0.507 e. The first-order chi connectivity index (χ1) is 26.6. The lowest BCUT2D eigenvalue weighted by molar-refractivity contribution is 0.0430. The number of fused-ring (bicyclic) bond motifs is 2. The van der Waals surface area contributed by atoms with Gasteiger partial charge in [-0.05, 0) is 100 Å². The van der Waals surface area contributed by atoms with Gasteiger partial charge in [0.05, 0.1) is 27.6 Å². The Morgan fingerprint density at radius 2 is 1.16 bits per heavy atom. The Morgan fingerprint density at radius 3 is 1.86 bits per heavy atom. The van der Waals surface area contributed by atoms with E-state index in [0.717, 1.165) is 44.5 Å². The molecule has 280 valence electrons. The van der Waals surface area contributed by atoms with Crippen molar-refractivity contribution in [2.45, 2.75) is 65.2 Å². The van der Waals surface area contributed by atoms with Crippen molar-refractivity contribution in [3.8, 4) is 45.1 Å². The molecule has 5 nitrogen and oxygen atoms in total. The quantitative estimate of drug-likeness (QED) is 0.184. The average molecular weight is 743 g/mol. The third-order valence-corrected chi connectivity index (χ3v) is 10.7. The van der Waals surface area contributed by atoms with Crippen LogP contribution in [-0.4, -0.2) is 24.6 Å². The first-order valence-electron chi connectivity index (χ1n) is 18.9. The van der Waals surface area contributed by atoms with Gasteiger partial charge in [0.15, 0.2) is 0 Å². The van der Waals surface area contributed by atoms with Crippen LogP contribution >= 0.6 is 0 Å². The van der Waals surface area contributed by atoms with Crippen LogP contribution in [0.5, 0.6) is 5.75 Å². The molecule has 0 saturated heterocycles. The zero-order valence-corrected chi connectivity index (χ0v) is 32.7. The molecule has 0 aliphatic carbocycles. The molecule has 0 aliphatic heterocycles. The number of phenols is 1. The highest BCUT2D eigenvalue weighted by Crippen LogP contribution is 2.44. The van der Waals surface area contributed by atoms with E-state index in [1.54, 1.807) is 48.8 Å². The summed E-state index contributed by atoms with van der Waals surface area (Å²) in [6.07, 6.45) is 3.55. The fraction of sp³-hybridized carbons (Fsp3) is 0.204. The van der Waals surface area contributed by atoms with Gasteiger partial charge < -0.3 is 5.11 Å². The molecule has 3 heterocycles. The third kappa shape index (κ3) is 6.51. The van der Waals surface area contributed by atoms with Crippen molar-refractivity contribution in [2.24, 2.45) is 0 Å². The average Bonchev–Trinajstić information content (AvgIpc) is 3.57. The van der Waals surface area contributed by atoms with E-state index in [4.69, 9.17) is 4.98 Å². The summed E-state index contributed by atoms with van der Waals surface area (Å²) in [6.45, 7) is 14.8. The summed E-state index contributed by atoms with van der Waals surface area (Å²) in [5.74, 6) is -2.85. The highest BCUT2D eigenvalue weighted by Gasteiger charge is 2.36. The Hall–Kier alpha value is -6.21. The topological polar surface area (TPSA) is 63.8 Å². The van der Waals surface area contributed by atoms with Crippen LogP contribution in [0.1, 0.15) is 69.4 Å². The van der Waals surface area contributed by atoms with Crippen LogP contribution in [0.15, 0.2) is 134 Å². The first-order valence-corrected chi connectivity index (χ1v) is 18.9. The molecule has 0 saturated carbocycles. The van der Waals surface area contributed by atoms with Gasteiger partial charge in [-0.15, -0.1) is 0 Å². The normalized spacial score (nSPS) is 12.4. The number of rotatable bonds is 6. The summed E-state index contributed by atoms with van der Waals surface area (Å²) in [6, 6.07) is 36.5. The molecule has 0 fully saturated rings. The van der Waals surface area contributed by atoms with Crippen molar-refractivity contribution in [3.63, 3.8) is 0 Å². The van der Waals surface area contributed by atoms with Gasteiger partial charge in [-0.3, -0.25) is 14.5 Å². The van der Waals surface area contributed by atoms with Gasteiger partial charge in [0, 0.05) is 40.3 Å². The van der Waals surface area contributed by atoms with Crippen molar-refractivity contribution >= 4 is 22.1 Å². The van der Waals surface area contributed by atoms with E-state index in [2.05, 4.69) is 63.6 Å². The number of aromatic nitrogens is 4. The Bertz CT molecular complexity index is 2760. The smallest absolute Gasteiger partial charge is 0.298 e. The van der Waals surface area contributed by atoms with Crippen LogP contribution in [0, 0.1) is 6.92 Å². The van der Waals surface area contributed by atoms with E-state index in [1.807, 2.05) is 72.2 Å². The van der Waals surface area contributed by atoms with Gasteiger partial charge in [0.2, 0.25) is 0 Å². The fourth-order valence-corrected chi connectivity index (χ4v) is 7.39. The number of hydrogen-bond acceptors (Lipinski definition) is 4. The van der Waals surface area contributed by atoms with Crippen LogP contribution in [0.25, 0.3) is 61.4 Å². The Kier molecular flexibility index (Phi) is 8.87. The monoisotopic (exact) mass is 742 g/mol. The van der Waals surface area contributed by atoms with Crippen molar-refractivity contribution in [1.82, 2.24) is 19.5 Å². The summed E-state index contributed by atoms with van der Waals surface area (Å²) < 4.78 is 35.7. The van der Waals surface area contributed by atoms with Crippen LogP contribution in [0.2, 0.25) is 0 Å². The lowest BCUT2D eigenvalue weighted by atomic mass is 9.86. The van der Waals surface area contributed by atoms with E-state index in [9.17, 15) is 5.11 Å². The summed E-state index contributed by atoms with van der Waals surface area (Å²) in [4.78, 5) is 14.6. The highest BCUT2D eigenvalue weighted by atomic mass is 19.3. The molecule has 7 heteroatoms. The van der Waals surface area contributed by atoms with Crippen LogP contribution < -0.4 is 0 Å². The first kappa shape index (κ1) is 36.8. The lowest BCUT2D eigenvalue weighted by Gasteiger charge is -2.22. The van der Waals surface area contributed by atoms with E-state index < -0.39 is 5.92 Å². The summed E-state index contributed by atoms with van der Waals surface area (Å²) >= 11 is 0. The van der Waals surface area contributed by atoms with E-state index in [1.165, 1.54) is 12.1 Å². The molecule has 1 N–H and O–H groups in total. The number of phenolic OH excluding ortho intramolecular Hbond substituents is 1. The number of pyridine rings is 2. The van der Waals surface area contributed by atoms with Gasteiger partial charge in [-0.25, -0.2) is 4.98 Å². The molecular formula is C49H44F2N4O. The second-order valence-corrected chi connectivity index (χ2v) is 16.6. The fourth-order valence-electron chi connectivity index (χ4n) is 7.39. The van der Waals surface area contributed by atoms with Gasteiger partial charge in [-0.1, -0.05) is 108 Å². The highest BCUT2D eigenvalue weighted by molar-refractivity contribution is 5.99. The maximum absolute atomic E-state index is 16.9. The maximum atomic E-state index is 16.9. The second-order valence-electron chi connectivity index (χ2n) is 16.6. The van der Waals surface area contributed by atoms with Crippen molar-refractivity contribution in [3.05, 3.63) is 162 Å². The molecule has 0 unspecified atom stereocenters. The maximum Gasteiger partial charge on any atom is 0.298 e. The summed E-state index contributed by atoms with van der Waals surface area (Å²) in [7, 11) is 0. The minimum absolute atomic E-state index is 0.0478. The SMILES string of the molecule is Cc1ccnc2c(-c3cccc(-c4cc(C(F)(F)c5ccccc5)cc5c4nc(-c4cc(C(C)(C)C)ccc4O)n5-c4ccc(C(C)(C)C)cc4)c3)ccnc12. The van der Waals surface area contributed by atoms with E-state index in [-0.39, 0.29) is 27.7 Å². The second kappa shape index (κ2) is 13.5. The van der Waals surface area contributed by atoms with Gasteiger partial charge in [-0.2, -0.15) is 8.78 Å². The van der Waals surface area contributed by atoms with E-state index in [0.29, 0.717) is 33.5 Å². The predicted molar refractivity (Wildman–Crippen MR) is 224 cm³/mol. The molecule has 0 radical (unpaired) electrons. The van der Waals surface area contributed by atoms with Crippen molar-refractivity contribution in [2.75, 3.05) is 0 Å². The molecule has 0 aliphatic rings. The van der Waals surface area contributed by atoms with Crippen LogP contribution in [0.3, 0.4) is 0 Å². The molecule has 3 aromatic heterocycles. The lowest BCUT2D eigenvalue weighted by Crippen LogP contribution is -2.15. The number of benzene rings is 5. The molecule has 5 aromatic carbocycles. The predicted octanol–water partition coefficient (Wildman–Crippen LogP) is 12.7. The number of imidazole rings is 1. The van der Waals surface area contributed by atoms with Crippen LogP contribution in [-0.2, 0) is 16.8 Å². The summed E-state index contributed by atoms with van der Waals surface area (Å²) in [5, 5.41) is 11.5. The molecule has 0 spiro atoms. The van der Waals surface area contributed by atoms with Crippen molar-refractivity contribution < 1.29 is 13.9 Å². The number of aromatic hydroxyl groups is 1. The zero-order valence-electron chi connectivity index (χ0n) is 32.7. The Labute approximate surface area is 326 Å². The molecule has 0 atom stereocenters. The standard InChI is InChI=1S/C49H44F2N4O/c1-30-22-24-53-45-38(23-25-52-43(30)45)31-12-11-13-32(26-31)39-28-36(49(50,51)34-14-9-8-10-15-34)29-41-44(39)54-46(40-27-35(48(5,6)7)18-21-42(40)56)55(41)37-19-16-33(17-20-37)47(2,3)4/h8-29,56H,1-7H3. The molecule has 8 rings (SSSR count). The minimum atomic E-state index is -3.34. The minimum Gasteiger partial charge on any atom is -0.507 e. The molecule has 8 aromatic rings. The molecule has 56 heavy (non-hydrogen) atoms. The van der Waals surface area contributed by atoms with Gasteiger partial charge in [0.25, 0.3) is 5.92 Å². The van der Waals surface area contributed by atoms with Gasteiger partial charge in [0.1, 0.15) is 11.6 Å². The zero-order chi connectivity index (χ0) is 39.6. The number of hydrogen-bond donors (Lipinski definition) is 1. The van der Waals surface area contributed by atoms with E-state index >= 15 is 8.78 Å². The number of nitrogens with zero attached hydrogens (tertiary/aromatic N) is 4. The number of aryl methyl sites for hydroxylation is 1. The molecular weight excluding hydrogens is 699 g/mol. The molecule has 0 bridgehead atoms. The summed E-state index contributed by atoms with van der Waals surface area (Å²) in [5.41, 5.74) is 9.37. The van der Waals surface area contributed by atoms with Crippen molar-refractivity contribution in [1.29, 1.82) is 0 Å². The van der Waals surface area contributed by atoms with Gasteiger partial charge >= 0.3 is 0 Å². The number of halogens is 2. The Balaban J connectivity index is 1.46. The van der Waals surface area contributed by atoms with Crippen LogP contribution in [0.4, 0.5) is 8.78 Å². The molecule has 0 amide bonds. The third-order valence-electron chi connectivity index (χ3n) is 10.7. The number of alkyl halides is 2. The Morgan fingerprint density at radius 1 is 0.536 bits per heavy atom.